The first-order valence-electron chi connectivity index (χ1n) is 6.29. The minimum Gasteiger partial charge on any atom is -0.346 e. The highest BCUT2D eigenvalue weighted by atomic mass is 32.2. The molecule has 1 rings (SSSR count). The Kier molecular flexibility index (Phi) is 6.09. The lowest BCUT2D eigenvalue weighted by Gasteiger charge is -2.16. The van der Waals surface area contributed by atoms with Gasteiger partial charge in [0.15, 0.2) is 9.84 Å². The van der Waals surface area contributed by atoms with Gasteiger partial charge in [0.1, 0.15) is 5.82 Å². The molecular weight excluding hydrogens is 283 g/mol. The Hall–Kier alpha value is -1.47. The van der Waals surface area contributed by atoms with E-state index in [0.717, 1.165) is 6.07 Å². The second kappa shape index (κ2) is 7.35. The topological polar surface area (TPSA) is 80.5 Å². The number of sulfone groups is 1. The van der Waals surface area contributed by atoms with Crippen LogP contribution in [0, 0.1) is 5.82 Å². The first-order valence-corrected chi connectivity index (χ1v) is 7.94. The van der Waals surface area contributed by atoms with Gasteiger partial charge in [0.2, 0.25) is 5.91 Å². The van der Waals surface area contributed by atoms with Crippen molar-refractivity contribution in [2.24, 2.45) is 5.73 Å². The molecule has 1 amide bonds. The maximum absolute atomic E-state index is 13.0. The lowest BCUT2D eigenvalue weighted by atomic mass is 10.3. The summed E-state index contributed by atoms with van der Waals surface area (Å²) in [6.07, 6.45) is 0.540. The van der Waals surface area contributed by atoms with Gasteiger partial charge in [0.05, 0.1) is 10.6 Å². The Balaban J connectivity index is 2.62. The molecule has 0 aliphatic carbocycles. The zero-order chi connectivity index (χ0) is 15.2. The van der Waals surface area contributed by atoms with E-state index in [0.29, 0.717) is 19.5 Å². The van der Waals surface area contributed by atoms with E-state index in [-0.39, 0.29) is 23.0 Å². The van der Waals surface area contributed by atoms with E-state index in [1.165, 1.54) is 23.1 Å². The minimum atomic E-state index is -3.64. The molecule has 5 nitrogen and oxygen atoms in total. The minimum absolute atomic E-state index is 0.102. The van der Waals surface area contributed by atoms with Gasteiger partial charge in [-0.25, -0.2) is 12.8 Å². The van der Waals surface area contributed by atoms with Crippen molar-refractivity contribution in [3.63, 3.8) is 0 Å². The molecule has 0 spiro atoms. The van der Waals surface area contributed by atoms with Crippen LogP contribution in [0.5, 0.6) is 0 Å². The lowest BCUT2D eigenvalue weighted by molar-refractivity contribution is -0.129. The summed E-state index contributed by atoms with van der Waals surface area (Å²) in [6.45, 7) is 0.967. The van der Waals surface area contributed by atoms with E-state index in [4.69, 9.17) is 5.73 Å². The van der Waals surface area contributed by atoms with Gasteiger partial charge in [-0.1, -0.05) is 6.07 Å². The molecule has 0 heterocycles. The van der Waals surface area contributed by atoms with E-state index in [2.05, 4.69) is 0 Å². The van der Waals surface area contributed by atoms with Gasteiger partial charge in [-0.05, 0) is 31.2 Å². The second-order valence-electron chi connectivity index (χ2n) is 4.48. The van der Waals surface area contributed by atoms with Gasteiger partial charge in [-0.3, -0.25) is 4.79 Å². The number of hydrogen-bond donors (Lipinski definition) is 1. The summed E-state index contributed by atoms with van der Waals surface area (Å²) >= 11 is 0. The van der Waals surface area contributed by atoms with E-state index in [1.54, 1.807) is 7.05 Å². The van der Waals surface area contributed by atoms with Gasteiger partial charge in [0.25, 0.3) is 0 Å². The van der Waals surface area contributed by atoms with Crippen molar-refractivity contribution >= 4 is 15.7 Å². The predicted molar refractivity (Wildman–Crippen MR) is 74.4 cm³/mol. The van der Waals surface area contributed by atoms with E-state index >= 15 is 0 Å². The van der Waals surface area contributed by atoms with Crippen molar-refractivity contribution in [1.82, 2.24) is 4.90 Å². The van der Waals surface area contributed by atoms with E-state index in [9.17, 15) is 17.6 Å². The van der Waals surface area contributed by atoms with Gasteiger partial charge in [-0.15, -0.1) is 0 Å². The molecular formula is C13H19FN2O3S. The molecule has 7 heteroatoms. The normalized spacial score (nSPS) is 11.3. The zero-order valence-electron chi connectivity index (χ0n) is 11.4. The zero-order valence-corrected chi connectivity index (χ0v) is 12.2. The van der Waals surface area contributed by atoms with Crippen molar-refractivity contribution in [2.75, 3.05) is 25.9 Å². The standard InChI is InChI=1S/C13H19FN2O3S/c1-16(8-3-7-15)13(17)6-9-20(18,19)12-5-2-4-11(14)10-12/h2,4-5,10H,3,6-9,15H2,1H3. The summed E-state index contributed by atoms with van der Waals surface area (Å²) in [6, 6.07) is 4.78. The van der Waals surface area contributed by atoms with Crippen molar-refractivity contribution < 1.29 is 17.6 Å². The molecule has 0 unspecified atom stereocenters. The number of nitrogens with zero attached hydrogens (tertiary/aromatic N) is 1. The summed E-state index contributed by atoms with van der Waals surface area (Å²) in [5, 5.41) is 0. The number of carbonyl (C=O) groups is 1. The van der Waals surface area contributed by atoms with Crippen LogP contribution in [0.1, 0.15) is 12.8 Å². The Labute approximate surface area is 118 Å². The Morgan fingerprint density at radius 2 is 2.10 bits per heavy atom. The molecule has 0 fully saturated rings. The predicted octanol–water partition coefficient (Wildman–Crippen LogP) is 0.797. The van der Waals surface area contributed by atoms with Crippen LogP contribution in [0.3, 0.4) is 0 Å². The number of benzene rings is 1. The molecule has 2 N–H and O–H groups in total. The SMILES string of the molecule is CN(CCCN)C(=O)CCS(=O)(=O)c1cccc(F)c1. The van der Waals surface area contributed by atoms with Gasteiger partial charge < -0.3 is 10.6 Å². The summed E-state index contributed by atoms with van der Waals surface area (Å²) in [5.74, 6) is -1.21. The number of hydrogen-bond acceptors (Lipinski definition) is 4. The molecule has 112 valence electrons. The van der Waals surface area contributed by atoms with Crippen LogP contribution >= 0.6 is 0 Å². The van der Waals surface area contributed by atoms with Crippen molar-refractivity contribution in [3.8, 4) is 0 Å². The molecule has 0 atom stereocenters. The average Bonchev–Trinajstić information content (AvgIpc) is 2.42. The Bertz CT molecular complexity index is 560. The third-order valence-corrected chi connectivity index (χ3v) is 4.58. The van der Waals surface area contributed by atoms with Crippen LogP contribution in [-0.2, 0) is 14.6 Å². The molecule has 1 aromatic rings. The number of rotatable bonds is 7. The van der Waals surface area contributed by atoms with E-state index in [1.807, 2.05) is 0 Å². The summed E-state index contributed by atoms with van der Waals surface area (Å²) < 4.78 is 36.9. The van der Waals surface area contributed by atoms with Crippen LogP contribution in [0.25, 0.3) is 0 Å². The molecule has 0 saturated heterocycles. The fourth-order valence-corrected chi connectivity index (χ4v) is 2.90. The van der Waals surface area contributed by atoms with Crippen LogP contribution in [-0.4, -0.2) is 45.1 Å². The first-order chi connectivity index (χ1) is 9.36. The molecule has 0 radical (unpaired) electrons. The van der Waals surface area contributed by atoms with Crippen LogP contribution in [0.15, 0.2) is 29.2 Å². The highest BCUT2D eigenvalue weighted by molar-refractivity contribution is 7.91. The fraction of sp³-hybridized carbons (Fsp3) is 0.462. The number of amides is 1. The third-order valence-electron chi connectivity index (χ3n) is 2.86. The van der Waals surface area contributed by atoms with Gasteiger partial charge >= 0.3 is 0 Å². The number of carbonyl (C=O) groups excluding carboxylic acids is 1. The summed E-state index contributed by atoms with van der Waals surface area (Å²) in [4.78, 5) is 13.1. The van der Waals surface area contributed by atoms with Crippen LogP contribution < -0.4 is 5.73 Å². The van der Waals surface area contributed by atoms with Gasteiger partial charge in [-0.2, -0.15) is 0 Å². The molecule has 20 heavy (non-hydrogen) atoms. The molecule has 0 aliphatic heterocycles. The average molecular weight is 302 g/mol. The summed E-state index contributed by atoms with van der Waals surface area (Å²) in [5.41, 5.74) is 5.34. The molecule has 0 aromatic heterocycles. The van der Waals surface area contributed by atoms with E-state index < -0.39 is 15.7 Å². The Morgan fingerprint density at radius 3 is 2.70 bits per heavy atom. The van der Waals surface area contributed by atoms with Gasteiger partial charge in [0, 0.05) is 20.0 Å². The lowest BCUT2D eigenvalue weighted by Crippen LogP contribution is -2.30. The smallest absolute Gasteiger partial charge is 0.223 e. The van der Waals surface area contributed by atoms with Crippen molar-refractivity contribution in [2.45, 2.75) is 17.7 Å². The molecule has 0 saturated carbocycles. The maximum atomic E-state index is 13.0. The monoisotopic (exact) mass is 302 g/mol. The molecule has 0 aliphatic rings. The van der Waals surface area contributed by atoms with Crippen LogP contribution in [0.4, 0.5) is 4.39 Å². The number of halogens is 1. The maximum Gasteiger partial charge on any atom is 0.223 e. The Morgan fingerprint density at radius 1 is 1.40 bits per heavy atom. The molecule has 0 bridgehead atoms. The third kappa shape index (κ3) is 4.90. The molecule has 1 aromatic carbocycles. The second-order valence-corrected chi connectivity index (χ2v) is 6.59. The quantitative estimate of drug-likeness (QED) is 0.808. The van der Waals surface area contributed by atoms with Crippen molar-refractivity contribution in [3.05, 3.63) is 30.1 Å². The largest absolute Gasteiger partial charge is 0.346 e. The fourth-order valence-electron chi connectivity index (χ4n) is 1.64. The highest BCUT2D eigenvalue weighted by Gasteiger charge is 2.18. The highest BCUT2D eigenvalue weighted by Crippen LogP contribution is 2.13. The summed E-state index contributed by atoms with van der Waals surface area (Å²) in [7, 11) is -2.04. The first kappa shape index (κ1) is 16.6. The number of nitrogens with two attached hydrogens (primary N) is 1. The van der Waals surface area contributed by atoms with Crippen LogP contribution in [0.2, 0.25) is 0 Å². The van der Waals surface area contributed by atoms with Crippen molar-refractivity contribution in [1.29, 1.82) is 0 Å².